The summed E-state index contributed by atoms with van der Waals surface area (Å²) >= 11 is 6.01. The van der Waals surface area contributed by atoms with Crippen LogP contribution in [-0.2, 0) is 14.8 Å². The molecule has 1 aliphatic rings. The van der Waals surface area contributed by atoms with E-state index < -0.39 is 15.6 Å². The number of carbonyl (C=O) groups excluding carboxylic acids is 1. The summed E-state index contributed by atoms with van der Waals surface area (Å²) < 4.78 is 26.8. The topological polar surface area (TPSA) is 83.7 Å². The van der Waals surface area contributed by atoms with E-state index in [1.54, 1.807) is 20.9 Å². The molecular formula is C13H18ClN3O3S. The van der Waals surface area contributed by atoms with E-state index in [2.05, 4.69) is 0 Å². The molecular weight excluding hydrogens is 314 g/mol. The van der Waals surface area contributed by atoms with Gasteiger partial charge in [-0.1, -0.05) is 11.6 Å². The van der Waals surface area contributed by atoms with Gasteiger partial charge in [0, 0.05) is 25.8 Å². The Morgan fingerprint density at radius 1 is 1.29 bits per heavy atom. The van der Waals surface area contributed by atoms with E-state index in [4.69, 9.17) is 17.3 Å². The van der Waals surface area contributed by atoms with Crippen molar-refractivity contribution in [3.8, 4) is 0 Å². The fourth-order valence-electron chi connectivity index (χ4n) is 2.46. The van der Waals surface area contributed by atoms with E-state index >= 15 is 0 Å². The van der Waals surface area contributed by atoms with Gasteiger partial charge in [-0.2, -0.15) is 4.31 Å². The summed E-state index contributed by atoms with van der Waals surface area (Å²) in [5.74, 6) is -0.246. The molecule has 0 aliphatic carbocycles. The zero-order chi connectivity index (χ0) is 16.0. The molecule has 1 aliphatic heterocycles. The minimum Gasteiger partial charge on any atom is -0.399 e. The predicted octanol–water partition coefficient (Wildman–Crippen LogP) is 1.16. The van der Waals surface area contributed by atoms with Crippen LogP contribution in [0.25, 0.3) is 0 Å². The summed E-state index contributed by atoms with van der Waals surface area (Å²) in [4.78, 5) is 13.7. The Morgan fingerprint density at radius 2 is 1.90 bits per heavy atom. The highest BCUT2D eigenvalue weighted by Crippen LogP contribution is 2.32. The van der Waals surface area contributed by atoms with Crippen molar-refractivity contribution in [3.05, 3.63) is 23.2 Å². The molecule has 1 saturated heterocycles. The monoisotopic (exact) mass is 331 g/mol. The maximum atomic E-state index is 12.8. The van der Waals surface area contributed by atoms with Crippen molar-refractivity contribution in [2.24, 2.45) is 0 Å². The molecule has 0 atom stereocenters. The summed E-state index contributed by atoms with van der Waals surface area (Å²) in [6.07, 6.45) is 0. The molecule has 0 radical (unpaired) electrons. The van der Waals surface area contributed by atoms with Crippen molar-refractivity contribution in [3.63, 3.8) is 0 Å². The zero-order valence-electron chi connectivity index (χ0n) is 12.1. The van der Waals surface area contributed by atoms with E-state index in [1.165, 1.54) is 27.4 Å². The summed E-state index contributed by atoms with van der Waals surface area (Å²) in [6.45, 7) is 3.74. The van der Waals surface area contributed by atoms with Crippen LogP contribution in [-0.4, -0.2) is 49.2 Å². The van der Waals surface area contributed by atoms with Gasteiger partial charge in [-0.25, -0.2) is 8.42 Å². The second kappa shape index (κ2) is 5.15. The van der Waals surface area contributed by atoms with Crippen LogP contribution >= 0.6 is 11.6 Å². The van der Waals surface area contributed by atoms with Crippen molar-refractivity contribution < 1.29 is 13.2 Å². The second-order valence-corrected chi connectivity index (χ2v) is 7.79. The van der Waals surface area contributed by atoms with Gasteiger partial charge in [0.1, 0.15) is 10.4 Å². The van der Waals surface area contributed by atoms with Crippen LogP contribution in [0.2, 0.25) is 5.02 Å². The number of hydrogen-bond acceptors (Lipinski definition) is 4. The molecule has 0 aromatic heterocycles. The van der Waals surface area contributed by atoms with Gasteiger partial charge in [-0.15, -0.1) is 0 Å². The molecule has 0 unspecified atom stereocenters. The lowest BCUT2D eigenvalue weighted by Gasteiger charge is -2.43. The van der Waals surface area contributed by atoms with Gasteiger partial charge >= 0.3 is 0 Å². The number of amides is 1. The van der Waals surface area contributed by atoms with Gasteiger partial charge < -0.3 is 10.6 Å². The number of carbonyl (C=O) groups is 1. The van der Waals surface area contributed by atoms with Crippen molar-refractivity contribution in [2.45, 2.75) is 24.3 Å². The molecule has 0 saturated carbocycles. The minimum atomic E-state index is -3.88. The number of hydrogen-bond donors (Lipinski definition) is 1. The van der Waals surface area contributed by atoms with Gasteiger partial charge in [0.25, 0.3) is 0 Å². The zero-order valence-corrected chi connectivity index (χ0v) is 13.7. The Labute approximate surface area is 129 Å². The minimum absolute atomic E-state index is 0.0382. The van der Waals surface area contributed by atoms with Crippen LogP contribution in [0.5, 0.6) is 0 Å². The number of benzene rings is 1. The van der Waals surface area contributed by atoms with Crippen molar-refractivity contribution in [1.82, 2.24) is 9.21 Å². The van der Waals surface area contributed by atoms with Gasteiger partial charge in [0.15, 0.2) is 0 Å². The number of piperazine rings is 1. The summed E-state index contributed by atoms with van der Waals surface area (Å²) in [5.41, 5.74) is 4.82. The lowest BCUT2D eigenvalue weighted by atomic mass is 10.0. The number of nitrogens with zero attached hydrogens (tertiary/aromatic N) is 2. The average Bonchev–Trinajstić information content (AvgIpc) is 2.35. The third-order valence-corrected chi connectivity index (χ3v) is 6.21. The fraction of sp³-hybridized carbons (Fsp3) is 0.462. The SMILES string of the molecule is CN1CCN(S(=O)(=O)c2ccc(N)cc2Cl)C(C)(C)C1=O. The molecule has 8 heteroatoms. The standard InChI is InChI=1S/C13H18ClN3O3S/c1-13(2)12(18)16(3)6-7-17(13)21(19,20)11-5-4-9(15)8-10(11)14/h4-5,8H,6-7,15H2,1-3H3. The summed E-state index contributed by atoms with van der Waals surface area (Å²) in [6, 6.07) is 4.23. The maximum Gasteiger partial charge on any atom is 0.245 e. The van der Waals surface area contributed by atoms with Gasteiger partial charge in [0.05, 0.1) is 5.02 Å². The van der Waals surface area contributed by atoms with Crippen molar-refractivity contribution in [1.29, 1.82) is 0 Å². The van der Waals surface area contributed by atoms with Gasteiger partial charge in [0.2, 0.25) is 15.9 Å². The van der Waals surface area contributed by atoms with E-state index in [-0.39, 0.29) is 22.4 Å². The smallest absolute Gasteiger partial charge is 0.245 e. The summed E-state index contributed by atoms with van der Waals surface area (Å²) in [5, 5.41) is 0.0529. The molecule has 6 nitrogen and oxygen atoms in total. The van der Waals surface area contributed by atoms with E-state index in [9.17, 15) is 13.2 Å². The molecule has 0 spiro atoms. The number of anilines is 1. The Bertz CT molecular complexity index is 688. The van der Waals surface area contributed by atoms with Crippen LogP contribution in [0.1, 0.15) is 13.8 Å². The lowest BCUT2D eigenvalue weighted by molar-refractivity contribution is -0.142. The number of nitrogen functional groups attached to an aromatic ring is 1. The Kier molecular flexibility index (Phi) is 3.94. The molecule has 2 N–H and O–H groups in total. The Hall–Kier alpha value is -1.31. The normalized spacial score (nSPS) is 19.8. The molecule has 116 valence electrons. The van der Waals surface area contributed by atoms with Gasteiger partial charge in [-0.3, -0.25) is 4.79 Å². The van der Waals surface area contributed by atoms with Crippen LogP contribution in [0.4, 0.5) is 5.69 Å². The fourth-order valence-corrected chi connectivity index (χ4v) is 4.73. The first-order valence-corrected chi connectivity index (χ1v) is 8.23. The predicted molar refractivity (Wildman–Crippen MR) is 81.5 cm³/mol. The molecule has 1 aromatic carbocycles. The molecule has 0 bridgehead atoms. The largest absolute Gasteiger partial charge is 0.399 e. The van der Waals surface area contributed by atoms with E-state index in [1.807, 2.05) is 0 Å². The number of likely N-dealkylation sites (N-methyl/N-ethyl adjacent to an activating group) is 1. The van der Waals surface area contributed by atoms with Crippen molar-refractivity contribution in [2.75, 3.05) is 25.9 Å². The maximum absolute atomic E-state index is 12.8. The lowest BCUT2D eigenvalue weighted by Crippen LogP contribution is -2.63. The number of rotatable bonds is 2. The third kappa shape index (κ3) is 2.61. The number of sulfonamides is 1. The van der Waals surface area contributed by atoms with Crippen molar-refractivity contribution >= 4 is 33.2 Å². The van der Waals surface area contributed by atoms with Crippen LogP contribution in [0, 0.1) is 0 Å². The molecule has 1 amide bonds. The Balaban J connectivity index is 2.51. The van der Waals surface area contributed by atoms with E-state index in [0.717, 1.165) is 0 Å². The second-order valence-electron chi connectivity index (χ2n) is 5.55. The summed E-state index contributed by atoms with van der Waals surface area (Å²) in [7, 11) is -2.22. The number of halogens is 1. The van der Waals surface area contributed by atoms with Crippen LogP contribution in [0.15, 0.2) is 23.1 Å². The average molecular weight is 332 g/mol. The molecule has 1 heterocycles. The third-order valence-electron chi connectivity index (χ3n) is 3.66. The highest BCUT2D eigenvalue weighted by atomic mass is 35.5. The van der Waals surface area contributed by atoms with Gasteiger partial charge in [-0.05, 0) is 32.0 Å². The molecule has 1 aromatic rings. The highest BCUT2D eigenvalue weighted by molar-refractivity contribution is 7.89. The van der Waals surface area contributed by atoms with Crippen LogP contribution in [0.3, 0.4) is 0 Å². The highest BCUT2D eigenvalue weighted by Gasteiger charge is 2.47. The van der Waals surface area contributed by atoms with E-state index in [0.29, 0.717) is 12.2 Å². The first-order valence-electron chi connectivity index (χ1n) is 6.42. The molecule has 21 heavy (non-hydrogen) atoms. The molecule has 1 fully saturated rings. The quantitative estimate of drug-likeness (QED) is 0.824. The molecule has 2 rings (SSSR count). The number of nitrogens with two attached hydrogens (primary N) is 1. The first kappa shape index (κ1) is 16.1. The first-order chi connectivity index (χ1) is 9.58. The Morgan fingerprint density at radius 3 is 2.48 bits per heavy atom. The van der Waals surface area contributed by atoms with Crippen LogP contribution < -0.4 is 5.73 Å².